The number of hydrogen-bond donors (Lipinski definition) is 3. The fourth-order valence-electron chi connectivity index (χ4n) is 1.46. The van der Waals surface area contributed by atoms with Gasteiger partial charge in [-0.15, -0.1) is 0 Å². The third-order valence-corrected chi connectivity index (χ3v) is 4.08. The molecule has 5 N–H and O–H groups in total. The second-order valence-corrected chi connectivity index (χ2v) is 6.04. The van der Waals surface area contributed by atoms with Crippen LogP contribution in [0.1, 0.15) is 5.82 Å². The molecule has 1 aromatic carbocycles. The number of rotatable bonds is 3. The highest BCUT2D eigenvalue weighted by molar-refractivity contribution is 7.92. The summed E-state index contributed by atoms with van der Waals surface area (Å²) in [6.07, 6.45) is 0. The van der Waals surface area contributed by atoms with E-state index in [0.29, 0.717) is 11.5 Å². The van der Waals surface area contributed by atoms with Crippen molar-refractivity contribution >= 4 is 38.8 Å². The van der Waals surface area contributed by atoms with Gasteiger partial charge in [0.2, 0.25) is 0 Å². The van der Waals surface area contributed by atoms with Crippen molar-refractivity contribution in [3.05, 3.63) is 35.2 Å². The van der Waals surface area contributed by atoms with Crippen molar-refractivity contribution in [1.29, 1.82) is 0 Å². The first kappa shape index (κ1) is 14.4. The predicted octanol–water partition coefficient (Wildman–Crippen LogP) is 1.40. The van der Waals surface area contributed by atoms with Gasteiger partial charge in [0.15, 0.2) is 11.0 Å². The van der Waals surface area contributed by atoms with E-state index in [2.05, 4.69) is 14.7 Å². The van der Waals surface area contributed by atoms with Gasteiger partial charge < -0.3 is 11.5 Å². The lowest BCUT2D eigenvalue weighted by molar-refractivity contribution is 0.601. The Labute approximate surface area is 121 Å². The molecule has 0 radical (unpaired) electrons. The molecule has 9 heteroatoms. The molecular formula is C11H12ClN5O2S. The Morgan fingerprint density at radius 3 is 2.35 bits per heavy atom. The maximum atomic E-state index is 12.2. The Morgan fingerprint density at radius 2 is 1.75 bits per heavy atom. The van der Waals surface area contributed by atoms with Crippen molar-refractivity contribution in [3.63, 3.8) is 0 Å². The number of aromatic nitrogens is 2. The monoisotopic (exact) mass is 313 g/mol. The summed E-state index contributed by atoms with van der Waals surface area (Å²) < 4.78 is 26.6. The molecule has 0 spiro atoms. The van der Waals surface area contributed by atoms with Gasteiger partial charge in [0, 0.05) is 5.69 Å². The number of benzene rings is 1. The Hall–Kier alpha value is -2.06. The summed E-state index contributed by atoms with van der Waals surface area (Å²) in [6.45, 7) is 1.58. The number of aryl methyl sites for hydroxylation is 1. The highest BCUT2D eigenvalue weighted by atomic mass is 35.5. The molecule has 0 aliphatic carbocycles. The minimum Gasteiger partial charge on any atom is -0.399 e. The second kappa shape index (κ2) is 5.14. The smallest absolute Gasteiger partial charge is 0.263 e. The fraction of sp³-hybridized carbons (Fsp3) is 0.0909. The van der Waals surface area contributed by atoms with Crippen LogP contribution < -0.4 is 16.2 Å². The van der Waals surface area contributed by atoms with E-state index in [-0.39, 0.29) is 21.6 Å². The van der Waals surface area contributed by atoms with Crippen LogP contribution in [-0.2, 0) is 10.0 Å². The minimum atomic E-state index is -3.82. The van der Waals surface area contributed by atoms with Gasteiger partial charge in [-0.2, -0.15) is 0 Å². The van der Waals surface area contributed by atoms with Crippen LogP contribution in [0, 0.1) is 6.92 Å². The van der Waals surface area contributed by atoms with Crippen LogP contribution in [0.15, 0.2) is 29.2 Å². The third kappa shape index (κ3) is 2.91. The zero-order valence-electron chi connectivity index (χ0n) is 10.5. The van der Waals surface area contributed by atoms with Gasteiger partial charge in [-0.3, -0.25) is 4.72 Å². The van der Waals surface area contributed by atoms with Crippen molar-refractivity contribution in [2.24, 2.45) is 0 Å². The standard InChI is InChI=1S/C11H12ClN5O2S/c1-6-15-10(12)9(14)11(16-6)17-20(18,19)8-4-2-7(13)3-5-8/h2-5H,13-14H2,1H3,(H,15,16,17). The number of nitrogen functional groups attached to an aromatic ring is 2. The first-order valence-electron chi connectivity index (χ1n) is 5.47. The number of halogens is 1. The van der Waals surface area contributed by atoms with Gasteiger partial charge in [-0.25, -0.2) is 18.4 Å². The molecule has 106 valence electrons. The number of nitrogens with two attached hydrogens (primary N) is 2. The van der Waals surface area contributed by atoms with Crippen LogP contribution in [0.5, 0.6) is 0 Å². The quantitative estimate of drug-likeness (QED) is 0.581. The molecule has 20 heavy (non-hydrogen) atoms. The summed E-state index contributed by atoms with van der Waals surface area (Å²) in [5.74, 6) is 0.249. The molecule has 2 aromatic rings. The molecule has 0 fully saturated rings. The predicted molar refractivity (Wildman–Crippen MR) is 77.9 cm³/mol. The summed E-state index contributed by atoms with van der Waals surface area (Å²) in [4.78, 5) is 7.79. The lowest BCUT2D eigenvalue weighted by Crippen LogP contribution is -2.16. The van der Waals surface area contributed by atoms with Crippen LogP contribution in [0.3, 0.4) is 0 Å². The van der Waals surface area contributed by atoms with Crippen molar-refractivity contribution in [3.8, 4) is 0 Å². The van der Waals surface area contributed by atoms with E-state index in [1.165, 1.54) is 24.3 Å². The van der Waals surface area contributed by atoms with Crippen LogP contribution in [0.25, 0.3) is 0 Å². The lowest BCUT2D eigenvalue weighted by Gasteiger charge is -2.10. The van der Waals surface area contributed by atoms with Crippen LogP contribution >= 0.6 is 11.6 Å². The van der Waals surface area contributed by atoms with Crippen LogP contribution in [-0.4, -0.2) is 18.4 Å². The molecule has 0 amide bonds. The van der Waals surface area contributed by atoms with E-state index < -0.39 is 10.0 Å². The summed E-state index contributed by atoms with van der Waals surface area (Å²) in [5, 5.41) is -0.00694. The number of hydrogen-bond acceptors (Lipinski definition) is 6. The first-order valence-corrected chi connectivity index (χ1v) is 7.33. The first-order chi connectivity index (χ1) is 9.29. The van der Waals surface area contributed by atoms with E-state index >= 15 is 0 Å². The zero-order chi connectivity index (χ0) is 14.9. The Bertz CT molecular complexity index is 746. The van der Waals surface area contributed by atoms with E-state index in [0.717, 1.165) is 0 Å². The van der Waals surface area contributed by atoms with Crippen LogP contribution in [0.4, 0.5) is 17.2 Å². The van der Waals surface area contributed by atoms with Crippen LogP contribution in [0.2, 0.25) is 5.15 Å². The SMILES string of the molecule is Cc1nc(Cl)c(N)c(NS(=O)(=O)c2ccc(N)cc2)n1. The van der Waals surface area contributed by atoms with Crippen molar-refractivity contribution in [1.82, 2.24) is 9.97 Å². The van der Waals surface area contributed by atoms with Gasteiger partial charge in [0.25, 0.3) is 10.0 Å². The average Bonchev–Trinajstić information content (AvgIpc) is 2.35. The maximum absolute atomic E-state index is 12.2. The van der Waals surface area contributed by atoms with Gasteiger partial charge in [-0.1, -0.05) is 11.6 Å². The lowest BCUT2D eigenvalue weighted by atomic mass is 10.3. The maximum Gasteiger partial charge on any atom is 0.263 e. The van der Waals surface area contributed by atoms with Crippen molar-refractivity contribution in [2.75, 3.05) is 16.2 Å². The molecule has 0 unspecified atom stereocenters. The van der Waals surface area contributed by atoms with Gasteiger partial charge >= 0.3 is 0 Å². The molecule has 0 saturated carbocycles. The minimum absolute atomic E-state index is 0.00694. The Balaban J connectivity index is 2.41. The second-order valence-electron chi connectivity index (χ2n) is 4.00. The molecule has 0 saturated heterocycles. The fourth-order valence-corrected chi connectivity index (χ4v) is 2.69. The van der Waals surface area contributed by atoms with E-state index in [1.54, 1.807) is 6.92 Å². The number of anilines is 3. The van der Waals surface area contributed by atoms with E-state index in [1.807, 2.05) is 0 Å². The number of sulfonamides is 1. The van der Waals surface area contributed by atoms with Gasteiger partial charge in [0.1, 0.15) is 11.5 Å². The van der Waals surface area contributed by atoms with Gasteiger partial charge in [0.05, 0.1) is 4.90 Å². The Kier molecular flexibility index (Phi) is 3.69. The summed E-state index contributed by atoms with van der Waals surface area (Å²) in [7, 11) is -3.82. The summed E-state index contributed by atoms with van der Waals surface area (Å²) >= 11 is 5.79. The summed E-state index contributed by atoms with van der Waals surface area (Å²) in [5.41, 5.74) is 11.6. The van der Waals surface area contributed by atoms with Crippen molar-refractivity contribution < 1.29 is 8.42 Å². The highest BCUT2D eigenvalue weighted by Gasteiger charge is 2.18. The molecule has 1 heterocycles. The normalized spacial score (nSPS) is 11.3. The molecular weight excluding hydrogens is 302 g/mol. The molecule has 7 nitrogen and oxygen atoms in total. The van der Waals surface area contributed by atoms with Gasteiger partial charge in [-0.05, 0) is 31.2 Å². The largest absolute Gasteiger partial charge is 0.399 e. The molecule has 2 rings (SSSR count). The Morgan fingerprint density at radius 1 is 1.15 bits per heavy atom. The molecule has 0 bridgehead atoms. The third-order valence-electron chi connectivity index (χ3n) is 2.43. The average molecular weight is 314 g/mol. The molecule has 1 aromatic heterocycles. The van der Waals surface area contributed by atoms with E-state index in [4.69, 9.17) is 23.1 Å². The summed E-state index contributed by atoms with van der Waals surface area (Å²) in [6, 6.07) is 5.72. The number of nitrogens with zero attached hydrogens (tertiary/aromatic N) is 2. The zero-order valence-corrected chi connectivity index (χ0v) is 12.0. The number of nitrogens with one attached hydrogen (secondary N) is 1. The molecule has 0 aliphatic heterocycles. The topological polar surface area (TPSA) is 124 Å². The highest BCUT2D eigenvalue weighted by Crippen LogP contribution is 2.25. The molecule has 0 atom stereocenters. The van der Waals surface area contributed by atoms with Crippen molar-refractivity contribution in [2.45, 2.75) is 11.8 Å². The molecule has 0 aliphatic rings. The van der Waals surface area contributed by atoms with E-state index in [9.17, 15) is 8.42 Å².